The van der Waals surface area contributed by atoms with Crippen molar-refractivity contribution in [2.45, 2.75) is 46.6 Å². The molecule has 0 amide bonds. The minimum absolute atomic E-state index is 0.144. The monoisotopic (exact) mass is 358 g/mol. The van der Waals surface area contributed by atoms with Gasteiger partial charge in [0.25, 0.3) is 0 Å². The zero-order valence-corrected chi connectivity index (χ0v) is 15.6. The number of fused-ring (bicyclic) bond motifs is 1. The average molecular weight is 358 g/mol. The first-order valence-corrected chi connectivity index (χ1v) is 8.41. The molecule has 1 atom stereocenters. The molecule has 0 saturated heterocycles. The van der Waals surface area contributed by atoms with Gasteiger partial charge in [-0.25, -0.2) is 9.59 Å². The van der Waals surface area contributed by atoms with Gasteiger partial charge < -0.3 is 9.15 Å². The Kier molecular flexibility index (Phi) is 5.69. The zero-order chi connectivity index (χ0) is 19.5. The third kappa shape index (κ3) is 3.56. The van der Waals surface area contributed by atoms with Crippen LogP contribution in [-0.4, -0.2) is 23.9 Å². The lowest BCUT2D eigenvalue weighted by molar-refractivity contribution is -0.153. The number of hydrogen-bond acceptors (Lipinski definition) is 7. The van der Waals surface area contributed by atoms with Crippen LogP contribution in [0.1, 0.15) is 38.3 Å². The first-order chi connectivity index (χ1) is 12.2. The summed E-state index contributed by atoms with van der Waals surface area (Å²) in [6.07, 6.45) is 0.144. The molecule has 1 unspecified atom stereocenters. The molecule has 0 fully saturated rings. The predicted molar refractivity (Wildman–Crippen MR) is 96.8 cm³/mol. The van der Waals surface area contributed by atoms with E-state index in [2.05, 4.69) is 10.2 Å². The smallest absolute Gasteiger partial charge is 0.343 e. The minimum Gasteiger partial charge on any atom is -0.464 e. The van der Waals surface area contributed by atoms with Crippen LogP contribution >= 0.6 is 0 Å². The summed E-state index contributed by atoms with van der Waals surface area (Å²) in [5.41, 5.74) is 0.296. The van der Waals surface area contributed by atoms with Crippen molar-refractivity contribution in [3.63, 3.8) is 0 Å². The Bertz CT molecular complexity index is 945. The van der Waals surface area contributed by atoms with Crippen LogP contribution in [-0.2, 0) is 14.3 Å². The SMILES string of the molecule is CCOC(=O)C(CC)(N=Nc1cc2c(C)cc(=O)oc2cc1C)C(C)=O. The van der Waals surface area contributed by atoms with E-state index in [1.807, 2.05) is 0 Å². The second-order valence-electron chi connectivity index (χ2n) is 6.07. The number of carbonyl (C=O) groups excluding carboxylic acids is 2. The largest absolute Gasteiger partial charge is 0.464 e. The van der Waals surface area contributed by atoms with E-state index >= 15 is 0 Å². The second kappa shape index (κ2) is 7.59. The van der Waals surface area contributed by atoms with E-state index < -0.39 is 22.9 Å². The Morgan fingerprint density at radius 2 is 1.85 bits per heavy atom. The molecule has 26 heavy (non-hydrogen) atoms. The van der Waals surface area contributed by atoms with E-state index in [0.717, 1.165) is 5.56 Å². The van der Waals surface area contributed by atoms with E-state index in [4.69, 9.17) is 9.15 Å². The molecular weight excluding hydrogens is 336 g/mol. The first-order valence-electron chi connectivity index (χ1n) is 8.41. The molecule has 2 rings (SSSR count). The molecule has 0 aliphatic heterocycles. The van der Waals surface area contributed by atoms with Gasteiger partial charge >= 0.3 is 11.6 Å². The highest BCUT2D eigenvalue weighted by atomic mass is 16.5. The summed E-state index contributed by atoms with van der Waals surface area (Å²) < 4.78 is 10.2. The van der Waals surface area contributed by atoms with Crippen LogP contribution in [0.4, 0.5) is 5.69 Å². The second-order valence-corrected chi connectivity index (χ2v) is 6.07. The Labute approximate surface area is 151 Å². The van der Waals surface area contributed by atoms with Crippen molar-refractivity contribution in [3.05, 3.63) is 39.7 Å². The fourth-order valence-corrected chi connectivity index (χ4v) is 2.67. The van der Waals surface area contributed by atoms with E-state index in [1.165, 1.54) is 13.0 Å². The van der Waals surface area contributed by atoms with Crippen molar-refractivity contribution in [1.29, 1.82) is 0 Å². The number of hydrogen-bond donors (Lipinski definition) is 0. The Morgan fingerprint density at radius 1 is 1.15 bits per heavy atom. The number of nitrogens with zero attached hydrogens (tertiary/aromatic N) is 2. The van der Waals surface area contributed by atoms with Gasteiger partial charge in [0.1, 0.15) is 5.58 Å². The molecule has 7 nitrogen and oxygen atoms in total. The maximum Gasteiger partial charge on any atom is 0.343 e. The zero-order valence-electron chi connectivity index (χ0n) is 15.6. The molecule has 0 N–H and O–H groups in total. The third-order valence-corrected chi connectivity index (χ3v) is 4.30. The van der Waals surface area contributed by atoms with Crippen LogP contribution < -0.4 is 5.63 Å². The number of rotatable bonds is 6. The number of ketones is 1. The average Bonchev–Trinajstić information content (AvgIpc) is 2.56. The van der Waals surface area contributed by atoms with Crippen LogP contribution in [0.5, 0.6) is 0 Å². The molecule has 7 heteroatoms. The van der Waals surface area contributed by atoms with Gasteiger partial charge in [0.15, 0.2) is 5.78 Å². The molecule has 1 aromatic carbocycles. The van der Waals surface area contributed by atoms with Gasteiger partial charge in [-0.3, -0.25) is 4.79 Å². The predicted octanol–water partition coefficient (Wildman–Crippen LogP) is 3.79. The topological polar surface area (TPSA) is 98.3 Å². The molecule has 138 valence electrons. The third-order valence-electron chi connectivity index (χ3n) is 4.30. The van der Waals surface area contributed by atoms with Gasteiger partial charge in [-0.1, -0.05) is 6.92 Å². The van der Waals surface area contributed by atoms with Crippen LogP contribution in [0.3, 0.4) is 0 Å². The lowest BCUT2D eigenvalue weighted by Gasteiger charge is -2.21. The summed E-state index contributed by atoms with van der Waals surface area (Å²) in [7, 11) is 0. The molecule has 0 aliphatic carbocycles. The lowest BCUT2D eigenvalue weighted by atomic mass is 9.93. The highest BCUT2D eigenvalue weighted by molar-refractivity contribution is 6.07. The highest BCUT2D eigenvalue weighted by Gasteiger charge is 2.44. The molecule has 0 radical (unpaired) electrons. The fourth-order valence-electron chi connectivity index (χ4n) is 2.67. The van der Waals surface area contributed by atoms with Crippen molar-refractivity contribution in [2.24, 2.45) is 10.2 Å². The Hall–Kier alpha value is -2.83. The van der Waals surface area contributed by atoms with Crippen molar-refractivity contribution < 1.29 is 18.7 Å². The number of carbonyl (C=O) groups is 2. The quantitative estimate of drug-likeness (QED) is 0.338. The number of Topliss-reactive ketones (excluding diaryl/α,β-unsaturated/α-hetero) is 1. The van der Waals surface area contributed by atoms with E-state index in [0.29, 0.717) is 22.2 Å². The van der Waals surface area contributed by atoms with Crippen LogP contribution in [0.2, 0.25) is 0 Å². The van der Waals surface area contributed by atoms with Crippen LogP contribution in [0.25, 0.3) is 11.0 Å². The first kappa shape index (κ1) is 19.5. The van der Waals surface area contributed by atoms with E-state index in [9.17, 15) is 14.4 Å². The number of benzene rings is 1. The lowest BCUT2D eigenvalue weighted by Crippen LogP contribution is -2.44. The number of azo groups is 1. The highest BCUT2D eigenvalue weighted by Crippen LogP contribution is 2.29. The fraction of sp³-hybridized carbons (Fsp3) is 0.421. The molecule has 0 saturated carbocycles. The van der Waals surface area contributed by atoms with Crippen LogP contribution in [0, 0.1) is 13.8 Å². The summed E-state index contributed by atoms with van der Waals surface area (Å²) in [4.78, 5) is 35.9. The maximum absolute atomic E-state index is 12.3. The maximum atomic E-state index is 12.3. The van der Waals surface area contributed by atoms with Gasteiger partial charge in [-0.15, -0.1) is 0 Å². The molecule has 1 heterocycles. The minimum atomic E-state index is -1.66. The van der Waals surface area contributed by atoms with Crippen molar-refractivity contribution >= 4 is 28.4 Å². The number of esters is 1. The number of ether oxygens (including phenoxy) is 1. The normalized spacial score (nSPS) is 13.7. The summed E-state index contributed by atoms with van der Waals surface area (Å²) in [6.45, 7) is 8.37. The number of aryl methyl sites for hydroxylation is 2. The van der Waals surface area contributed by atoms with Gasteiger partial charge in [-0.2, -0.15) is 10.2 Å². The van der Waals surface area contributed by atoms with Gasteiger partial charge in [0, 0.05) is 11.5 Å². The van der Waals surface area contributed by atoms with E-state index in [1.54, 1.807) is 39.8 Å². The molecule has 0 bridgehead atoms. The van der Waals surface area contributed by atoms with Crippen molar-refractivity contribution in [3.8, 4) is 0 Å². The van der Waals surface area contributed by atoms with Gasteiger partial charge in [0.05, 0.1) is 12.3 Å². The molecule has 0 spiro atoms. The summed E-state index contributed by atoms with van der Waals surface area (Å²) in [6, 6.07) is 4.80. The van der Waals surface area contributed by atoms with Crippen molar-refractivity contribution in [2.75, 3.05) is 6.61 Å². The van der Waals surface area contributed by atoms with Crippen LogP contribution in [0.15, 0.2) is 37.6 Å². The van der Waals surface area contributed by atoms with Crippen molar-refractivity contribution in [1.82, 2.24) is 0 Å². The standard InChI is InChI=1S/C19H22N2O5/c1-6-19(13(5)22,18(24)25-7-2)21-20-15-10-14-11(3)9-17(23)26-16(14)8-12(15)4/h8-10H,6-7H2,1-5H3. The molecule has 2 aromatic rings. The molecule has 0 aliphatic rings. The molecular formula is C19H22N2O5. The Balaban J connectivity index is 2.57. The molecule has 1 aromatic heterocycles. The van der Waals surface area contributed by atoms with Gasteiger partial charge in [-0.05, 0) is 57.4 Å². The summed E-state index contributed by atoms with van der Waals surface area (Å²) in [5.74, 6) is -1.14. The Morgan fingerprint density at radius 3 is 2.42 bits per heavy atom. The van der Waals surface area contributed by atoms with Gasteiger partial charge in [0.2, 0.25) is 5.54 Å². The summed E-state index contributed by atoms with van der Waals surface area (Å²) >= 11 is 0. The summed E-state index contributed by atoms with van der Waals surface area (Å²) in [5, 5.41) is 8.97. The van der Waals surface area contributed by atoms with E-state index in [-0.39, 0.29) is 13.0 Å².